The number of anilines is 1. The molecule has 0 unspecified atom stereocenters. The Morgan fingerprint density at radius 2 is 1.36 bits per heavy atom. The lowest BCUT2D eigenvalue weighted by atomic mass is 10.0. The van der Waals surface area contributed by atoms with Crippen LogP contribution >= 0.6 is 0 Å². The van der Waals surface area contributed by atoms with Crippen LogP contribution in [0.4, 0.5) is 5.69 Å². The highest BCUT2D eigenvalue weighted by atomic mass is 32.2. The molecule has 1 aliphatic rings. The van der Waals surface area contributed by atoms with Gasteiger partial charge in [-0.2, -0.15) is 0 Å². The normalized spacial score (nSPS) is 14.7. The highest BCUT2D eigenvalue weighted by Gasteiger charge is 2.29. The molecule has 4 nitrogen and oxygen atoms in total. The standard InChI is InChI=1S/C28H30N2O2S/c1-21-10-14-23(15-11-21)20-27-28(29-18-6-3-7-19-29)25-8-4-5-9-26(25)30(27)33(31,32)24-16-12-22(2)13-17-24/h4-5,8-17H,3,6-7,18-20H2,1-2H3. The van der Waals surface area contributed by atoms with E-state index in [1.165, 1.54) is 12.0 Å². The molecule has 0 radical (unpaired) electrons. The molecule has 1 saturated heterocycles. The van der Waals surface area contributed by atoms with Gasteiger partial charge in [0.15, 0.2) is 0 Å². The van der Waals surface area contributed by atoms with E-state index < -0.39 is 10.0 Å². The number of nitrogens with zero attached hydrogens (tertiary/aromatic N) is 2. The van der Waals surface area contributed by atoms with E-state index >= 15 is 0 Å². The van der Waals surface area contributed by atoms with Crippen molar-refractivity contribution in [2.45, 2.75) is 44.4 Å². The van der Waals surface area contributed by atoms with E-state index in [2.05, 4.69) is 42.2 Å². The second kappa shape index (κ2) is 8.71. The topological polar surface area (TPSA) is 42.3 Å². The first-order chi connectivity index (χ1) is 15.9. The van der Waals surface area contributed by atoms with Crippen LogP contribution in [0, 0.1) is 13.8 Å². The molecule has 4 aromatic rings. The van der Waals surface area contributed by atoms with Crippen molar-refractivity contribution in [1.29, 1.82) is 0 Å². The Labute approximate surface area is 196 Å². The van der Waals surface area contributed by atoms with Crippen LogP contribution in [0.5, 0.6) is 0 Å². The average Bonchev–Trinajstić information content (AvgIpc) is 3.16. The van der Waals surface area contributed by atoms with Gasteiger partial charge in [0.1, 0.15) is 0 Å². The zero-order valence-corrected chi connectivity index (χ0v) is 20.1. The summed E-state index contributed by atoms with van der Waals surface area (Å²) in [6, 6.07) is 23.5. The molecule has 0 atom stereocenters. The molecule has 1 aliphatic heterocycles. The molecule has 2 heterocycles. The minimum Gasteiger partial charge on any atom is -0.370 e. The summed E-state index contributed by atoms with van der Waals surface area (Å²) >= 11 is 0. The zero-order valence-electron chi connectivity index (χ0n) is 19.3. The van der Waals surface area contributed by atoms with Crippen LogP contribution in [-0.4, -0.2) is 25.5 Å². The van der Waals surface area contributed by atoms with Gasteiger partial charge in [-0.25, -0.2) is 12.4 Å². The summed E-state index contributed by atoms with van der Waals surface area (Å²) in [5.74, 6) is 0. The maximum Gasteiger partial charge on any atom is 0.268 e. The third-order valence-corrected chi connectivity index (χ3v) is 8.39. The fourth-order valence-electron chi connectivity index (χ4n) is 4.86. The number of fused-ring (bicyclic) bond motifs is 1. The number of piperidine rings is 1. The number of aromatic nitrogens is 1. The Morgan fingerprint density at radius 3 is 2.03 bits per heavy atom. The van der Waals surface area contributed by atoms with Crippen LogP contribution in [0.25, 0.3) is 10.9 Å². The molecule has 33 heavy (non-hydrogen) atoms. The Kier molecular flexibility index (Phi) is 5.75. The first kappa shape index (κ1) is 21.8. The van der Waals surface area contributed by atoms with E-state index in [-0.39, 0.29) is 0 Å². The van der Waals surface area contributed by atoms with E-state index in [0.717, 1.165) is 59.3 Å². The average molecular weight is 459 g/mol. The summed E-state index contributed by atoms with van der Waals surface area (Å²) in [7, 11) is -3.77. The van der Waals surface area contributed by atoms with Gasteiger partial charge < -0.3 is 4.90 Å². The minimum atomic E-state index is -3.77. The molecule has 0 saturated carbocycles. The minimum absolute atomic E-state index is 0.323. The SMILES string of the molecule is Cc1ccc(Cc2c(N3CCCCC3)c3ccccc3n2S(=O)(=O)c2ccc(C)cc2)cc1. The summed E-state index contributed by atoms with van der Waals surface area (Å²) in [6.45, 7) is 5.96. The highest BCUT2D eigenvalue weighted by Crippen LogP contribution is 2.39. The van der Waals surface area contributed by atoms with Crippen molar-refractivity contribution in [3.8, 4) is 0 Å². The summed E-state index contributed by atoms with van der Waals surface area (Å²) in [6.07, 6.45) is 4.05. The lowest BCUT2D eigenvalue weighted by molar-refractivity contribution is 0.575. The monoisotopic (exact) mass is 458 g/mol. The molecule has 0 amide bonds. The smallest absolute Gasteiger partial charge is 0.268 e. The fourth-order valence-corrected chi connectivity index (χ4v) is 6.41. The molecule has 0 bridgehead atoms. The molecular formula is C28H30N2O2S. The van der Waals surface area contributed by atoms with Gasteiger partial charge in [0.25, 0.3) is 10.0 Å². The van der Waals surface area contributed by atoms with E-state index in [0.29, 0.717) is 11.3 Å². The molecule has 0 N–H and O–H groups in total. The molecule has 1 fully saturated rings. The second-order valence-electron chi connectivity index (χ2n) is 9.11. The molecule has 5 rings (SSSR count). The van der Waals surface area contributed by atoms with Crippen LogP contribution in [-0.2, 0) is 16.4 Å². The Balaban J connectivity index is 1.78. The van der Waals surface area contributed by atoms with Crippen molar-refractivity contribution in [3.05, 3.63) is 95.2 Å². The van der Waals surface area contributed by atoms with Crippen molar-refractivity contribution >= 4 is 26.6 Å². The van der Waals surface area contributed by atoms with E-state index in [1.807, 2.05) is 37.3 Å². The van der Waals surface area contributed by atoms with Crippen LogP contribution in [0.3, 0.4) is 0 Å². The molecular weight excluding hydrogens is 428 g/mol. The lowest BCUT2D eigenvalue weighted by Crippen LogP contribution is -2.30. The van der Waals surface area contributed by atoms with Gasteiger partial charge in [0, 0.05) is 24.9 Å². The summed E-state index contributed by atoms with van der Waals surface area (Å²) in [5, 5.41) is 1.01. The predicted molar refractivity (Wildman–Crippen MR) is 136 cm³/mol. The van der Waals surface area contributed by atoms with E-state index in [1.54, 1.807) is 16.1 Å². The van der Waals surface area contributed by atoms with Gasteiger partial charge in [-0.1, -0.05) is 65.7 Å². The Morgan fingerprint density at radius 1 is 0.758 bits per heavy atom. The quantitative estimate of drug-likeness (QED) is 0.364. The number of benzene rings is 3. The zero-order chi connectivity index (χ0) is 23.0. The van der Waals surface area contributed by atoms with E-state index in [9.17, 15) is 8.42 Å². The van der Waals surface area contributed by atoms with Crippen LogP contribution < -0.4 is 4.90 Å². The summed E-state index contributed by atoms with van der Waals surface area (Å²) < 4.78 is 29.7. The summed E-state index contributed by atoms with van der Waals surface area (Å²) in [5.41, 5.74) is 6.02. The van der Waals surface area contributed by atoms with Crippen molar-refractivity contribution < 1.29 is 8.42 Å². The van der Waals surface area contributed by atoms with Crippen molar-refractivity contribution in [1.82, 2.24) is 3.97 Å². The summed E-state index contributed by atoms with van der Waals surface area (Å²) in [4.78, 5) is 2.72. The van der Waals surface area contributed by atoms with Crippen molar-refractivity contribution in [2.24, 2.45) is 0 Å². The molecule has 3 aromatic carbocycles. The van der Waals surface area contributed by atoms with Gasteiger partial charge in [-0.05, 0) is 56.9 Å². The molecule has 0 spiro atoms. The van der Waals surface area contributed by atoms with Gasteiger partial charge >= 0.3 is 0 Å². The maximum absolute atomic E-state index is 14.1. The molecule has 0 aliphatic carbocycles. The molecule has 170 valence electrons. The van der Waals surface area contributed by atoms with Crippen LogP contribution in [0.15, 0.2) is 77.7 Å². The predicted octanol–water partition coefficient (Wildman–Crippen LogP) is 6.08. The third-order valence-electron chi connectivity index (χ3n) is 6.62. The van der Waals surface area contributed by atoms with E-state index in [4.69, 9.17) is 0 Å². The number of rotatable bonds is 5. The maximum atomic E-state index is 14.1. The van der Waals surface area contributed by atoms with Gasteiger partial charge in [-0.3, -0.25) is 0 Å². The molecule has 5 heteroatoms. The largest absolute Gasteiger partial charge is 0.370 e. The van der Waals surface area contributed by atoms with Gasteiger partial charge in [-0.15, -0.1) is 0 Å². The van der Waals surface area contributed by atoms with Crippen molar-refractivity contribution in [3.63, 3.8) is 0 Å². The molecule has 1 aromatic heterocycles. The first-order valence-corrected chi connectivity index (χ1v) is 13.1. The Bertz CT molecular complexity index is 1380. The third kappa shape index (κ3) is 4.06. The van der Waals surface area contributed by atoms with Crippen molar-refractivity contribution in [2.75, 3.05) is 18.0 Å². The number of para-hydroxylation sites is 1. The lowest BCUT2D eigenvalue weighted by Gasteiger charge is -2.30. The number of aryl methyl sites for hydroxylation is 2. The Hall–Kier alpha value is -3.05. The van der Waals surface area contributed by atoms with Gasteiger partial charge in [0.05, 0.1) is 21.8 Å². The van der Waals surface area contributed by atoms with Gasteiger partial charge in [0.2, 0.25) is 0 Å². The fraction of sp³-hybridized carbons (Fsp3) is 0.286. The van der Waals surface area contributed by atoms with Crippen LogP contribution in [0.1, 0.15) is 41.6 Å². The first-order valence-electron chi connectivity index (χ1n) is 11.7. The van der Waals surface area contributed by atoms with Crippen LogP contribution in [0.2, 0.25) is 0 Å². The number of hydrogen-bond acceptors (Lipinski definition) is 3. The highest BCUT2D eigenvalue weighted by molar-refractivity contribution is 7.90. The number of hydrogen-bond donors (Lipinski definition) is 0. The second-order valence-corrected chi connectivity index (χ2v) is 10.9.